The maximum Gasteiger partial charge on any atom is 0.242 e. The molecule has 2 aromatic carbocycles. The van der Waals surface area contributed by atoms with Crippen molar-refractivity contribution in [2.24, 2.45) is 0 Å². The van der Waals surface area contributed by atoms with Crippen molar-refractivity contribution in [3.8, 4) is 0 Å². The molecule has 110 valence electrons. The van der Waals surface area contributed by atoms with Gasteiger partial charge in [0.25, 0.3) is 0 Å². The van der Waals surface area contributed by atoms with Crippen molar-refractivity contribution in [1.82, 2.24) is 0 Å². The number of carbonyl (C=O) groups excluding carboxylic acids is 2. The predicted molar refractivity (Wildman–Crippen MR) is 89.5 cm³/mol. The molecule has 0 saturated heterocycles. The quantitative estimate of drug-likeness (QED) is 0.841. The molecule has 22 heavy (non-hydrogen) atoms. The van der Waals surface area contributed by atoms with Crippen LogP contribution in [0.2, 0.25) is 0 Å². The Balaban J connectivity index is 1.69. The first-order valence-electron chi connectivity index (χ1n) is 6.84. The third-order valence-electron chi connectivity index (χ3n) is 3.57. The molecular formula is C16H12N2O2S2. The lowest BCUT2D eigenvalue weighted by molar-refractivity contribution is -0.116. The van der Waals surface area contributed by atoms with Gasteiger partial charge in [0.2, 0.25) is 11.8 Å². The van der Waals surface area contributed by atoms with Crippen molar-refractivity contribution in [3.63, 3.8) is 0 Å². The van der Waals surface area contributed by atoms with Gasteiger partial charge in [0.15, 0.2) is 0 Å². The van der Waals surface area contributed by atoms with Gasteiger partial charge in [-0.25, -0.2) is 0 Å². The van der Waals surface area contributed by atoms with Gasteiger partial charge in [0.1, 0.15) is 5.25 Å². The Bertz CT molecular complexity index is 791. The molecule has 0 fully saturated rings. The fourth-order valence-electron chi connectivity index (χ4n) is 2.53. The molecule has 0 radical (unpaired) electrons. The normalized spacial score (nSPS) is 19.7. The number of para-hydroxylation sites is 1. The van der Waals surface area contributed by atoms with Crippen LogP contribution < -0.4 is 10.6 Å². The summed E-state index contributed by atoms with van der Waals surface area (Å²) in [6.45, 7) is 0. The van der Waals surface area contributed by atoms with Gasteiger partial charge in [-0.3, -0.25) is 9.59 Å². The molecule has 4 nitrogen and oxygen atoms in total. The highest BCUT2D eigenvalue weighted by Crippen LogP contribution is 2.45. The largest absolute Gasteiger partial charge is 0.324 e. The first-order valence-corrected chi connectivity index (χ1v) is 8.70. The molecule has 4 rings (SSSR count). The number of anilines is 2. The SMILES string of the molecule is O=C1CSc2ccc(C3Sc4ccccc4NC3=O)cc2N1. The van der Waals surface area contributed by atoms with Gasteiger partial charge >= 0.3 is 0 Å². The Kier molecular flexibility index (Phi) is 3.35. The monoisotopic (exact) mass is 328 g/mol. The van der Waals surface area contributed by atoms with Gasteiger partial charge in [-0.1, -0.05) is 18.2 Å². The molecule has 0 saturated carbocycles. The minimum absolute atomic E-state index is 0.000689. The summed E-state index contributed by atoms with van der Waals surface area (Å²) in [5.41, 5.74) is 2.56. The first-order chi connectivity index (χ1) is 10.7. The smallest absolute Gasteiger partial charge is 0.242 e. The van der Waals surface area contributed by atoms with Gasteiger partial charge in [-0.2, -0.15) is 0 Å². The average molecular weight is 328 g/mol. The van der Waals surface area contributed by atoms with E-state index < -0.39 is 0 Å². The molecule has 2 aliphatic heterocycles. The van der Waals surface area contributed by atoms with Gasteiger partial charge in [0, 0.05) is 9.79 Å². The molecule has 6 heteroatoms. The molecule has 2 aliphatic rings. The average Bonchev–Trinajstić information content (AvgIpc) is 2.53. The van der Waals surface area contributed by atoms with Crippen molar-refractivity contribution >= 4 is 46.7 Å². The van der Waals surface area contributed by atoms with Crippen molar-refractivity contribution in [2.45, 2.75) is 15.0 Å². The fraction of sp³-hybridized carbons (Fsp3) is 0.125. The summed E-state index contributed by atoms with van der Waals surface area (Å²) in [6, 6.07) is 13.6. The summed E-state index contributed by atoms with van der Waals surface area (Å²) in [4.78, 5) is 26.0. The molecule has 0 aliphatic carbocycles. The Hall–Kier alpha value is -1.92. The van der Waals surface area contributed by atoms with Gasteiger partial charge in [-0.05, 0) is 29.8 Å². The van der Waals surface area contributed by atoms with Crippen LogP contribution in [0.25, 0.3) is 0 Å². The van der Waals surface area contributed by atoms with E-state index in [9.17, 15) is 9.59 Å². The van der Waals surface area contributed by atoms with Crippen LogP contribution in [0.5, 0.6) is 0 Å². The van der Waals surface area contributed by atoms with Crippen LogP contribution in [-0.2, 0) is 9.59 Å². The zero-order chi connectivity index (χ0) is 15.1. The summed E-state index contributed by atoms with van der Waals surface area (Å²) in [5.74, 6) is 0.414. The van der Waals surface area contributed by atoms with E-state index in [1.807, 2.05) is 42.5 Å². The highest BCUT2D eigenvalue weighted by molar-refractivity contribution is 8.00. The van der Waals surface area contributed by atoms with E-state index in [-0.39, 0.29) is 17.1 Å². The van der Waals surface area contributed by atoms with Gasteiger partial charge < -0.3 is 10.6 Å². The Morgan fingerprint density at radius 1 is 0.955 bits per heavy atom. The number of fused-ring (bicyclic) bond motifs is 2. The van der Waals surface area contributed by atoms with Crippen molar-refractivity contribution in [1.29, 1.82) is 0 Å². The topological polar surface area (TPSA) is 58.2 Å². The third kappa shape index (κ3) is 2.38. The van der Waals surface area contributed by atoms with E-state index in [1.165, 1.54) is 23.5 Å². The first kappa shape index (κ1) is 13.7. The van der Waals surface area contributed by atoms with Crippen LogP contribution in [0.1, 0.15) is 10.8 Å². The second kappa shape index (κ2) is 5.37. The lowest BCUT2D eigenvalue weighted by Crippen LogP contribution is -2.24. The number of thioether (sulfide) groups is 2. The summed E-state index contributed by atoms with van der Waals surface area (Å²) in [5, 5.41) is 5.52. The maximum absolute atomic E-state index is 12.4. The van der Waals surface area contributed by atoms with Crippen molar-refractivity contribution in [3.05, 3.63) is 48.0 Å². The molecule has 2 heterocycles. The molecule has 0 spiro atoms. The Labute approximate surface area is 136 Å². The number of hydrogen-bond donors (Lipinski definition) is 2. The van der Waals surface area contributed by atoms with Crippen LogP contribution >= 0.6 is 23.5 Å². The second-order valence-corrected chi connectivity index (χ2v) is 7.24. The van der Waals surface area contributed by atoms with Crippen molar-refractivity contribution < 1.29 is 9.59 Å². The number of amides is 2. The van der Waals surface area contributed by atoms with E-state index in [1.54, 1.807) is 0 Å². The zero-order valence-corrected chi connectivity index (χ0v) is 13.1. The van der Waals surface area contributed by atoms with E-state index in [4.69, 9.17) is 0 Å². The molecule has 1 atom stereocenters. The number of carbonyl (C=O) groups is 2. The molecule has 1 unspecified atom stereocenters. The summed E-state index contributed by atoms with van der Waals surface area (Å²) in [7, 11) is 0. The minimum Gasteiger partial charge on any atom is -0.324 e. The highest BCUT2D eigenvalue weighted by atomic mass is 32.2. The number of rotatable bonds is 1. The number of benzene rings is 2. The molecular weight excluding hydrogens is 316 g/mol. The summed E-state index contributed by atoms with van der Waals surface area (Å²) >= 11 is 3.06. The molecule has 0 aromatic heterocycles. The fourth-order valence-corrected chi connectivity index (χ4v) is 4.43. The van der Waals surface area contributed by atoms with E-state index >= 15 is 0 Å². The zero-order valence-electron chi connectivity index (χ0n) is 11.5. The minimum atomic E-state index is -0.302. The van der Waals surface area contributed by atoms with Crippen LogP contribution in [-0.4, -0.2) is 17.6 Å². The molecule has 2 aromatic rings. The Morgan fingerprint density at radius 3 is 2.73 bits per heavy atom. The van der Waals surface area contributed by atoms with E-state index in [0.717, 1.165) is 26.7 Å². The van der Waals surface area contributed by atoms with Gasteiger partial charge in [0.05, 0.1) is 17.1 Å². The van der Waals surface area contributed by atoms with Crippen LogP contribution in [0.3, 0.4) is 0 Å². The van der Waals surface area contributed by atoms with Crippen LogP contribution in [0, 0.1) is 0 Å². The van der Waals surface area contributed by atoms with Crippen molar-refractivity contribution in [2.75, 3.05) is 16.4 Å². The lowest BCUT2D eigenvalue weighted by atomic mass is 10.1. The van der Waals surface area contributed by atoms with Crippen LogP contribution in [0.15, 0.2) is 52.3 Å². The highest BCUT2D eigenvalue weighted by Gasteiger charge is 2.29. The van der Waals surface area contributed by atoms with Gasteiger partial charge in [-0.15, -0.1) is 23.5 Å². The van der Waals surface area contributed by atoms with E-state index in [2.05, 4.69) is 10.6 Å². The van der Waals surface area contributed by atoms with Crippen LogP contribution in [0.4, 0.5) is 11.4 Å². The third-order valence-corrected chi connectivity index (χ3v) is 5.97. The number of hydrogen-bond acceptors (Lipinski definition) is 4. The lowest BCUT2D eigenvalue weighted by Gasteiger charge is -2.25. The standard InChI is InChI=1S/C16H12N2O2S2/c19-14-8-21-12-6-5-9(7-11(12)17-14)15-16(20)18-10-3-1-2-4-13(10)22-15/h1-7,15H,8H2,(H,17,19)(H,18,20). The Morgan fingerprint density at radius 2 is 1.82 bits per heavy atom. The molecule has 2 amide bonds. The molecule has 2 N–H and O–H groups in total. The van der Waals surface area contributed by atoms with E-state index in [0.29, 0.717) is 5.75 Å². The maximum atomic E-state index is 12.4. The molecule has 0 bridgehead atoms. The second-order valence-electron chi connectivity index (χ2n) is 5.08. The summed E-state index contributed by atoms with van der Waals surface area (Å²) < 4.78 is 0. The summed E-state index contributed by atoms with van der Waals surface area (Å²) in [6.07, 6.45) is 0. The number of nitrogens with one attached hydrogen (secondary N) is 2. The predicted octanol–water partition coefficient (Wildman–Crippen LogP) is 3.52.